The average Bonchev–Trinajstić information content (AvgIpc) is 2.86. The smallest absolute Gasteiger partial charge is 0.265 e. The number of aliphatic hydroxyl groups excluding tert-OH is 1. The second-order valence-corrected chi connectivity index (χ2v) is 5.64. The number of anilines is 1. The van der Waals surface area contributed by atoms with Crippen LogP contribution in [0.25, 0.3) is 0 Å². The fourth-order valence-corrected chi connectivity index (χ4v) is 2.84. The number of aliphatic hydroxyl groups is 1. The molecule has 0 radical (unpaired) electrons. The summed E-state index contributed by atoms with van der Waals surface area (Å²) in [5.74, 6) is 5.33. The van der Waals surface area contributed by atoms with E-state index in [1.807, 2.05) is 37.3 Å². The van der Waals surface area contributed by atoms with Gasteiger partial charge in [0, 0.05) is 5.69 Å². The highest BCUT2D eigenvalue weighted by molar-refractivity contribution is 7.14. The van der Waals surface area contributed by atoms with E-state index in [0.29, 0.717) is 4.88 Å². The van der Waals surface area contributed by atoms with Crippen molar-refractivity contribution in [2.45, 2.75) is 20.3 Å². The van der Waals surface area contributed by atoms with Crippen molar-refractivity contribution in [3.05, 3.63) is 51.2 Å². The first-order valence-corrected chi connectivity index (χ1v) is 7.56. The summed E-state index contributed by atoms with van der Waals surface area (Å²) in [5, 5.41) is 11.6. The lowest BCUT2D eigenvalue weighted by Gasteiger charge is -2.05. The van der Waals surface area contributed by atoms with Gasteiger partial charge in [0.2, 0.25) is 0 Å². The molecule has 1 heterocycles. The number of rotatable bonds is 3. The van der Waals surface area contributed by atoms with Gasteiger partial charge in [-0.2, -0.15) is 0 Å². The molecule has 1 aromatic carbocycles. The minimum absolute atomic E-state index is 0.131. The van der Waals surface area contributed by atoms with Crippen molar-refractivity contribution in [1.29, 1.82) is 0 Å². The molecule has 0 saturated heterocycles. The Morgan fingerprint density at radius 1 is 1.38 bits per heavy atom. The van der Waals surface area contributed by atoms with Gasteiger partial charge in [0.15, 0.2) is 0 Å². The second kappa shape index (κ2) is 7.07. The topological polar surface area (TPSA) is 49.3 Å². The normalized spacial score (nSPS) is 9.86. The van der Waals surface area contributed by atoms with Crippen molar-refractivity contribution in [3.63, 3.8) is 0 Å². The maximum Gasteiger partial charge on any atom is 0.265 e. The largest absolute Gasteiger partial charge is 0.384 e. The van der Waals surface area contributed by atoms with Crippen LogP contribution in [0.3, 0.4) is 0 Å². The summed E-state index contributed by atoms with van der Waals surface area (Å²) in [5.41, 5.74) is 2.94. The first kappa shape index (κ1) is 15.3. The molecule has 3 nitrogen and oxygen atoms in total. The highest BCUT2D eigenvalue weighted by Crippen LogP contribution is 2.22. The van der Waals surface area contributed by atoms with Crippen molar-refractivity contribution in [1.82, 2.24) is 0 Å². The molecule has 0 bridgehead atoms. The lowest BCUT2D eigenvalue weighted by molar-refractivity contribution is 0.103. The van der Waals surface area contributed by atoms with Crippen LogP contribution in [-0.4, -0.2) is 17.6 Å². The summed E-state index contributed by atoms with van der Waals surface area (Å²) in [6.07, 6.45) is 0.933. The molecular weight excluding hydrogens is 282 g/mol. The van der Waals surface area contributed by atoms with Crippen molar-refractivity contribution in [2.24, 2.45) is 0 Å². The molecule has 0 aliphatic rings. The zero-order valence-electron chi connectivity index (χ0n) is 12.1. The first-order valence-electron chi connectivity index (χ1n) is 6.74. The van der Waals surface area contributed by atoms with Gasteiger partial charge in [-0.25, -0.2) is 0 Å². The minimum Gasteiger partial charge on any atom is -0.384 e. The molecule has 1 amide bonds. The Bertz CT molecular complexity index is 707. The van der Waals surface area contributed by atoms with Gasteiger partial charge in [-0.15, -0.1) is 11.3 Å². The molecule has 0 aliphatic carbocycles. The fraction of sp³-hybridized carbons (Fsp3) is 0.235. The number of benzene rings is 1. The Morgan fingerprint density at radius 3 is 2.90 bits per heavy atom. The maximum absolute atomic E-state index is 12.3. The molecule has 0 unspecified atom stereocenters. The highest BCUT2D eigenvalue weighted by Gasteiger charge is 2.11. The first-order chi connectivity index (χ1) is 10.1. The molecule has 4 heteroatoms. The third-order valence-corrected chi connectivity index (χ3v) is 4.17. The Kier molecular flexibility index (Phi) is 5.15. The average molecular weight is 299 g/mol. The van der Waals surface area contributed by atoms with Gasteiger partial charge in [-0.05, 0) is 42.7 Å². The molecule has 2 rings (SSSR count). The number of nitrogens with one attached hydrogen (secondary N) is 1. The second-order valence-electron chi connectivity index (χ2n) is 4.59. The predicted molar refractivity (Wildman–Crippen MR) is 86.8 cm³/mol. The summed E-state index contributed by atoms with van der Waals surface area (Å²) in [6.45, 7) is 3.81. The van der Waals surface area contributed by atoms with Crippen molar-refractivity contribution >= 4 is 22.9 Å². The number of hydrogen-bond donors (Lipinski definition) is 2. The molecule has 2 aromatic rings. The SMILES string of the molecule is CCc1cccc(NC(=O)c2cc(C)c(C#CCO)s2)c1. The highest BCUT2D eigenvalue weighted by atomic mass is 32.1. The van der Waals surface area contributed by atoms with Crippen LogP contribution in [-0.2, 0) is 6.42 Å². The van der Waals surface area contributed by atoms with Crippen LogP contribution in [0.15, 0.2) is 30.3 Å². The summed E-state index contributed by atoms with van der Waals surface area (Å²) >= 11 is 1.34. The van der Waals surface area contributed by atoms with Crippen LogP contribution in [0.1, 0.15) is 32.6 Å². The molecule has 0 spiro atoms. The fourth-order valence-electron chi connectivity index (χ4n) is 1.90. The number of hydrogen-bond acceptors (Lipinski definition) is 3. The van der Waals surface area contributed by atoms with Gasteiger partial charge < -0.3 is 10.4 Å². The van der Waals surface area contributed by atoms with E-state index in [9.17, 15) is 4.79 Å². The van der Waals surface area contributed by atoms with Gasteiger partial charge in [0.25, 0.3) is 5.91 Å². The van der Waals surface area contributed by atoms with E-state index < -0.39 is 0 Å². The molecule has 21 heavy (non-hydrogen) atoms. The third-order valence-electron chi connectivity index (χ3n) is 3.02. The Balaban J connectivity index is 2.16. The van der Waals surface area contributed by atoms with E-state index in [-0.39, 0.29) is 12.5 Å². The zero-order chi connectivity index (χ0) is 15.2. The number of aryl methyl sites for hydroxylation is 2. The predicted octanol–water partition coefficient (Wildman–Crippen LogP) is 3.22. The van der Waals surface area contributed by atoms with Crippen LogP contribution in [0.2, 0.25) is 0 Å². The number of carbonyl (C=O) groups excluding carboxylic acids is 1. The zero-order valence-corrected chi connectivity index (χ0v) is 12.9. The van der Waals surface area contributed by atoms with E-state index in [0.717, 1.165) is 22.5 Å². The molecule has 0 saturated carbocycles. The van der Waals surface area contributed by atoms with Crippen LogP contribution in [0, 0.1) is 18.8 Å². The van der Waals surface area contributed by atoms with Crippen LogP contribution in [0.4, 0.5) is 5.69 Å². The maximum atomic E-state index is 12.3. The lowest BCUT2D eigenvalue weighted by atomic mass is 10.1. The molecule has 0 atom stereocenters. The van der Waals surface area contributed by atoms with Gasteiger partial charge in [-0.1, -0.05) is 30.9 Å². The van der Waals surface area contributed by atoms with Gasteiger partial charge in [0.1, 0.15) is 6.61 Å². The number of carbonyl (C=O) groups is 1. The van der Waals surface area contributed by atoms with Crippen molar-refractivity contribution < 1.29 is 9.90 Å². The molecule has 0 fully saturated rings. The van der Waals surface area contributed by atoms with E-state index in [1.54, 1.807) is 0 Å². The van der Waals surface area contributed by atoms with Crippen LogP contribution < -0.4 is 5.32 Å². The van der Waals surface area contributed by atoms with Gasteiger partial charge in [0.05, 0.1) is 9.75 Å². The monoisotopic (exact) mass is 299 g/mol. The van der Waals surface area contributed by atoms with Gasteiger partial charge >= 0.3 is 0 Å². The quantitative estimate of drug-likeness (QED) is 0.855. The van der Waals surface area contributed by atoms with Crippen LogP contribution in [0.5, 0.6) is 0 Å². The Hall–Kier alpha value is -2.09. The van der Waals surface area contributed by atoms with E-state index >= 15 is 0 Å². The summed E-state index contributed by atoms with van der Waals surface area (Å²) in [4.78, 5) is 13.7. The number of thiophene rings is 1. The van der Waals surface area contributed by atoms with E-state index in [2.05, 4.69) is 24.1 Å². The summed E-state index contributed by atoms with van der Waals surface area (Å²) in [7, 11) is 0. The Labute approximate surface area is 128 Å². The molecular formula is C17H17NO2S. The van der Waals surface area contributed by atoms with Gasteiger partial charge in [-0.3, -0.25) is 4.79 Å². The third kappa shape index (κ3) is 3.94. The van der Waals surface area contributed by atoms with Crippen molar-refractivity contribution in [3.8, 4) is 11.8 Å². The van der Waals surface area contributed by atoms with E-state index in [4.69, 9.17) is 5.11 Å². The minimum atomic E-state index is -0.178. The standard InChI is InChI=1S/C17H17NO2S/c1-3-13-6-4-7-14(11-13)18-17(20)16-10-12(2)15(21-16)8-5-9-19/h4,6-7,10-11,19H,3,9H2,1-2H3,(H,18,20). The summed E-state index contributed by atoms with van der Waals surface area (Å²) < 4.78 is 0. The Morgan fingerprint density at radius 2 is 2.19 bits per heavy atom. The molecule has 108 valence electrons. The molecule has 1 aromatic heterocycles. The van der Waals surface area contributed by atoms with Crippen LogP contribution >= 0.6 is 11.3 Å². The van der Waals surface area contributed by atoms with Crippen molar-refractivity contribution in [2.75, 3.05) is 11.9 Å². The number of amides is 1. The lowest BCUT2D eigenvalue weighted by Crippen LogP contribution is -2.10. The van der Waals surface area contributed by atoms with E-state index in [1.165, 1.54) is 16.9 Å². The summed E-state index contributed by atoms with van der Waals surface area (Å²) in [6, 6.07) is 9.65. The molecule has 0 aliphatic heterocycles. The molecule has 2 N–H and O–H groups in total.